The molecule has 1 unspecified atom stereocenters. The molecule has 0 aromatic heterocycles. The van der Waals surface area contributed by atoms with E-state index in [1.165, 1.54) is 32.1 Å². The molecule has 0 aliphatic heterocycles. The molecule has 0 saturated heterocycles. The molecule has 1 atom stereocenters. The molecule has 2 N–H and O–H groups in total. The van der Waals surface area contributed by atoms with E-state index in [0.717, 1.165) is 19.6 Å². The maximum Gasteiger partial charge on any atom is 0.0791 e. The van der Waals surface area contributed by atoms with Crippen LogP contribution >= 0.6 is 0 Å². The third-order valence-corrected chi connectivity index (χ3v) is 2.89. The van der Waals surface area contributed by atoms with Crippen LogP contribution in [0.2, 0.25) is 0 Å². The standard InChI is InChI=1S/C12H26N2O/c1-3-4-5-8-14(2)10-12(15)9-13-11-6-7-11/h11-13,15H,3-10H2,1-2H3. The highest BCUT2D eigenvalue weighted by Crippen LogP contribution is 2.18. The van der Waals surface area contributed by atoms with Gasteiger partial charge in [0.2, 0.25) is 0 Å². The fourth-order valence-electron chi connectivity index (χ4n) is 1.74. The van der Waals surface area contributed by atoms with Gasteiger partial charge in [-0.3, -0.25) is 0 Å². The number of rotatable bonds is 9. The van der Waals surface area contributed by atoms with Crippen LogP contribution in [0, 0.1) is 0 Å². The van der Waals surface area contributed by atoms with Crippen LogP contribution in [0.25, 0.3) is 0 Å². The Morgan fingerprint density at radius 3 is 2.73 bits per heavy atom. The summed E-state index contributed by atoms with van der Waals surface area (Å²) >= 11 is 0. The van der Waals surface area contributed by atoms with Crippen molar-refractivity contribution in [2.75, 3.05) is 26.7 Å². The minimum absolute atomic E-state index is 0.211. The molecule has 0 heterocycles. The molecule has 1 saturated carbocycles. The Kier molecular flexibility index (Phi) is 6.22. The summed E-state index contributed by atoms with van der Waals surface area (Å²) in [5.74, 6) is 0. The highest BCUT2D eigenvalue weighted by atomic mass is 16.3. The molecule has 3 nitrogen and oxygen atoms in total. The Labute approximate surface area is 93.9 Å². The molecule has 90 valence electrons. The van der Waals surface area contributed by atoms with Crippen molar-refractivity contribution in [2.45, 2.75) is 51.2 Å². The van der Waals surface area contributed by atoms with E-state index in [2.05, 4.69) is 24.2 Å². The van der Waals surface area contributed by atoms with E-state index in [0.29, 0.717) is 6.04 Å². The zero-order valence-electron chi connectivity index (χ0n) is 10.2. The number of aliphatic hydroxyl groups excluding tert-OH is 1. The summed E-state index contributed by atoms with van der Waals surface area (Å²) in [6.45, 7) is 4.87. The highest BCUT2D eigenvalue weighted by Gasteiger charge is 2.21. The Balaban J connectivity index is 1.94. The van der Waals surface area contributed by atoms with E-state index in [4.69, 9.17) is 0 Å². The number of hydrogen-bond donors (Lipinski definition) is 2. The smallest absolute Gasteiger partial charge is 0.0791 e. The van der Waals surface area contributed by atoms with Crippen molar-refractivity contribution in [1.82, 2.24) is 10.2 Å². The van der Waals surface area contributed by atoms with Gasteiger partial charge in [0.25, 0.3) is 0 Å². The Hall–Kier alpha value is -0.120. The molecule has 1 rings (SSSR count). The molecule has 0 spiro atoms. The number of likely N-dealkylation sites (N-methyl/N-ethyl adjacent to an activating group) is 1. The van der Waals surface area contributed by atoms with Gasteiger partial charge in [-0.25, -0.2) is 0 Å². The van der Waals surface area contributed by atoms with Crippen molar-refractivity contribution in [3.8, 4) is 0 Å². The van der Waals surface area contributed by atoms with Crippen LogP contribution in [0.15, 0.2) is 0 Å². The van der Waals surface area contributed by atoms with Crippen LogP contribution in [-0.4, -0.2) is 48.8 Å². The maximum atomic E-state index is 9.75. The van der Waals surface area contributed by atoms with Crippen molar-refractivity contribution in [1.29, 1.82) is 0 Å². The van der Waals surface area contributed by atoms with Crippen LogP contribution < -0.4 is 5.32 Å². The summed E-state index contributed by atoms with van der Waals surface area (Å²) in [4.78, 5) is 2.23. The van der Waals surface area contributed by atoms with Crippen molar-refractivity contribution in [3.63, 3.8) is 0 Å². The molecule has 1 aliphatic rings. The van der Waals surface area contributed by atoms with Gasteiger partial charge in [0.05, 0.1) is 6.10 Å². The summed E-state index contributed by atoms with van der Waals surface area (Å²) in [5, 5.41) is 13.1. The molecular formula is C12H26N2O. The summed E-state index contributed by atoms with van der Waals surface area (Å²) in [7, 11) is 2.09. The van der Waals surface area contributed by atoms with Crippen LogP contribution in [0.5, 0.6) is 0 Å². The topological polar surface area (TPSA) is 35.5 Å². The number of unbranched alkanes of at least 4 members (excludes halogenated alkanes) is 2. The fourth-order valence-corrected chi connectivity index (χ4v) is 1.74. The lowest BCUT2D eigenvalue weighted by Crippen LogP contribution is -2.37. The van der Waals surface area contributed by atoms with Gasteiger partial charge in [0.1, 0.15) is 0 Å². The first-order valence-corrected chi connectivity index (χ1v) is 6.32. The quantitative estimate of drug-likeness (QED) is 0.567. The van der Waals surface area contributed by atoms with Gasteiger partial charge in [-0.05, 0) is 32.9 Å². The molecule has 0 aromatic carbocycles. The van der Waals surface area contributed by atoms with E-state index < -0.39 is 0 Å². The fraction of sp³-hybridized carbons (Fsp3) is 1.00. The summed E-state index contributed by atoms with van der Waals surface area (Å²) in [6, 6.07) is 0.699. The van der Waals surface area contributed by atoms with E-state index in [1.807, 2.05) is 0 Å². The second-order valence-corrected chi connectivity index (χ2v) is 4.81. The monoisotopic (exact) mass is 214 g/mol. The predicted molar refractivity (Wildman–Crippen MR) is 64.1 cm³/mol. The van der Waals surface area contributed by atoms with Crippen molar-refractivity contribution >= 4 is 0 Å². The van der Waals surface area contributed by atoms with Gasteiger partial charge in [0.15, 0.2) is 0 Å². The Morgan fingerprint density at radius 2 is 2.13 bits per heavy atom. The molecule has 0 radical (unpaired) electrons. The van der Waals surface area contributed by atoms with E-state index in [9.17, 15) is 5.11 Å². The van der Waals surface area contributed by atoms with Crippen molar-refractivity contribution in [2.24, 2.45) is 0 Å². The number of nitrogens with zero attached hydrogens (tertiary/aromatic N) is 1. The number of nitrogens with one attached hydrogen (secondary N) is 1. The zero-order valence-corrected chi connectivity index (χ0v) is 10.2. The first-order chi connectivity index (χ1) is 7.22. The molecule has 1 aliphatic carbocycles. The molecular weight excluding hydrogens is 188 g/mol. The molecule has 3 heteroatoms. The second-order valence-electron chi connectivity index (χ2n) is 4.81. The molecule has 0 bridgehead atoms. The van der Waals surface area contributed by atoms with E-state index in [-0.39, 0.29) is 6.10 Å². The van der Waals surface area contributed by atoms with Crippen LogP contribution in [0.3, 0.4) is 0 Å². The third kappa shape index (κ3) is 6.88. The normalized spacial score (nSPS) is 18.4. The van der Waals surface area contributed by atoms with E-state index in [1.54, 1.807) is 0 Å². The van der Waals surface area contributed by atoms with Crippen molar-refractivity contribution in [3.05, 3.63) is 0 Å². The summed E-state index contributed by atoms with van der Waals surface area (Å²) < 4.78 is 0. The SMILES string of the molecule is CCCCCN(C)CC(O)CNC1CC1. The largest absolute Gasteiger partial charge is 0.390 e. The number of aliphatic hydroxyl groups is 1. The summed E-state index contributed by atoms with van der Waals surface area (Å²) in [6.07, 6.45) is 6.17. The molecule has 0 amide bonds. The lowest BCUT2D eigenvalue weighted by atomic mass is 10.2. The lowest BCUT2D eigenvalue weighted by Gasteiger charge is -2.20. The van der Waals surface area contributed by atoms with Gasteiger partial charge >= 0.3 is 0 Å². The summed E-state index contributed by atoms with van der Waals surface area (Å²) in [5.41, 5.74) is 0. The van der Waals surface area contributed by atoms with Crippen LogP contribution in [0.1, 0.15) is 39.0 Å². The van der Waals surface area contributed by atoms with Gasteiger partial charge in [-0.15, -0.1) is 0 Å². The number of hydrogen-bond acceptors (Lipinski definition) is 3. The van der Waals surface area contributed by atoms with Crippen molar-refractivity contribution < 1.29 is 5.11 Å². The first-order valence-electron chi connectivity index (χ1n) is 6.32. The van der Waals surface area contributed by atoms with Gasteiger partial charge in [-0.1, -0.05) is 19.8 Å². The minimum atomic E-state index is -0.211. The highest BCUT2D eigenvalue weighted by molar-refractivity contribution is 4.82. The molecule has 15 heavy (non-hydrogen) atoms. The van der Waals surface area contributed by atoms with Gasteiger partial charge in [0, 0.05) is 19.1 Å². The van der Waals surface area contributed by atoms with Gasteiger partial charge in [-0.2, -0.15) is 0 Å². The third-order valence-electron chi connectivity index (χ3n) is 2.89. The maximum absolute atomic E-state index is 9.75. The average Bonchev–Trinajstić information content (AvgIpc) is 2.98. The average molecular weight is 214 g/mol. The lowest BCUT2D eigenvalue weighted by molar-refractivity contribution is 0.123. The molecule has 1 fully saturated rings. The Morgan fingerprint density at radius 1 is 1.40 bits per heavy atom. The van der Waals surface area contributed by atoms with Gasteiger partial charge < -0.3 is 15.3 Å². The minimum Gasteiger partial charge on any atom is -0.390 e. The zero-order chi connectivity index (χ0) is 11.1. The second kappa shape index (κ2) is 7.20. The predicted octanol–water partition coefficient (Wildman–Crippen LogP) is 1.22. The van der Waals surface area contributed by atoms with E-state index >= 15 is 0 Å². The van der Waals surface area contributed by atoms with Crippen LogP contribution in [-0.2, 0) is 0 Å². The first kappa shape index (κ1) is 12.9. The Bertz CT molecular complexity index is 160. The molecule has 0 aromatic rings. The van der Waals surface area contributed by atoms with Crippen LogP contribution in [0.4, 0.5) is 0 Å².